The monoisotopic (exact) mass is 240 g/mol. The van der Waals surface area contributed by atoms with Crippen LogP contribution in [0.1, 0.15) is 59.3 Å². The molecule has 17 heavy (non-hydrogen) atoms. The van der Waals surface area contributed by atoms with Crippen LogP contribution in [0, 0.1) is 11.3 Å². The van der Waals surface area contributed by atoms with Gasteiger partial charge in [-0.15, -0.1) is 0 Å². The van der Waals surface area contributed by atoms with Crippen molar-refractivity contribution in [2.75, 3.05) is 26.2 Å². The summed E-state index contributed by atoms with van der Waals surface area (Å²) in [6, 6.07) is 0. The SMILES string of the molecule is CCCC1CCCN(CC(C)(CC)CN)CC1. The molecule has 1 heterocycles. The molecule has 1 fully saturated rings. The summed E-state index contributed by atoms with van der Waals surface area (Å²) in [4.78, 5) is 2.66. The van der Waals surface area contributed by atoms with E-state index in [2.05, 4.69) is 25.7 Å². The highest BCUT2D eigenvalue weighted by atomic mass is 15.1. The molecule has 2 nitrogen and oxygen atoms in total. The molecule has 0 saturated carbocycles. The minimum absolute atomic E-state index is 0.324. The van der Waals surface area contributed by atoms with Crippen LogP contribution in [0.15, 0.2) is 0 Å². The third-order valence-electron chi connectivity index (χ3n) is 4.59. The van der Waals surface area contributed by atoms with Crippen molar-refractivity contribution < 1.29 is 0 Å². The third kappa shape index (κ3) is 4.97. The number of likely N-dealkylation sites (tertiary alicyclic amines) is 1. The van der Waals surface area contributed by atoms with Crippen LogP contribution >= 0.6 is 0 Å². The van der Waals surface area contributed by atoms with Gasteiger partial charge in [-0.05, 0) is 56.7 Å². The van der Waals surface area contributed by atoms with Crippen molar-refractivity contribution in [3.05, 3.63) is 0 Å². The molecule has 0 aromatic rings. The van der Waals surface area contributed by atoms with Gasteiger partial charge in [-0.3, -0.25) is 0 Å². The van der Waals surface area contributed by atoms with E-state index in [9.17, 15) is 0 Å². The van der Waals surface area contributed by atoms with E-state index in [4.69, 9.17) is 5.73 Å². The summed E-state index contributed by atoms with van der Waals surface area (Å²) in [6.45, 7) is 11.5. The van der Waals surface area contributed by atoms with Gasteiger partial charge >= 0.3 is 0 Å². The maximum Gasteiger partial charge on any atom is 0.00473 e. The molecule has 1 aliphatic rings. The second kappa shape index (κ2) is 7.38. The van der Waals surface area contributed by atoms with Crippen LogP contribution in [0.5, 0.6) is 0 Å². The summed E-state index contributed by atoms with van der Waals surface area (Å²) in [5, 5.41) is 0. The smallest absolute Gasteiger partial charge is 0.00473 e. The Morgan fingerprint density at radius 1 is 1.24 bits per heavy atom. The fourth-order valence-electron chi connectivity index (χ4n) is 2.94. The maximum absolute atomic E-state index is 5.92. The van der Waals surface area contributed by atoms with E-state index < -0.39 is 0 Å². The first-order valence-electron chi connectivity index (χ1n) is 7.56. The Morgan fingerprint density at radius 2 is 2.00 bits per heavy atom. The van der Waals surface area contributed by atoms with E-state index in [1.165, 1.54) is 58.2 Å². The van der Waals surface area contributed by atoms with Crippen LogP contribution in [0.2, 0.25) is 0 Å². The van der Waals surface area contributed by atoms with Crippen LogP contribution in [-0.4, -0.2) is 31.1 Å². The van der Waals surface area contributed by atoms with Crippen molar-refractivity contribution in [1.82, 2.24) is 4.90 Å². The molecule has 0 aromatic heterocycles. The summed E-state index contributed by atoms with van der Waals surface area (Å²) >= 11 is 0. The lowest BCUT2D eigenvalue weighted by molar-refractivity contribution is 0.167. The lowest BCUT2D eigenvalue weighted by Gasteiger charge is -2.33. The summed E-state index contributed by atoms with van der Waals surface area (Å²) < 4.78 is 0. The molecule has 0 radical (unpaired) electrons. The van der Waals surface area contributed by atoms with E-state index in [0.717, 1.165) is 12.5 Å². The van der Waals surface area contributed by atoms with Gasteiger partial charge in [0.15, 0.2) is 0 Å². The second-order valence-corrected chi connectivity index (χ2v) is 6.23. The molecule has 1 rings (SSSR count). The zero-order valence-corrected chi connectivity index (χ0v) is 12.2. The van der Waals surface area contributed by atoms with Crippen LogP contribution in [0.4, 0.5) is 0 Å². The number of nitrogens with zero attached hydrogens (tertiary/aromatic N) is 1. The van der Waals surface area contributed by atoms with Crippen LogP contribution < -0.4 is 5.73 Å². The van der Waals surface area contributed by atoms with E-state index in [1.807, 2.05) is 0 Å². The zero-order valence-electron chi connectivity index (χ0n) is 12.2. The quantitative estimate of drug-likeness (QED) is 0.772. The summed E-state index contributed by atoms with van der Waals surface area (Å²) in [5.41, 5.74) is 6.25. The first-order chi connectivity index (χ1) is 8.13. The van der Waals surface area contributed by atoms with Gasteiger partial charge in [0, 0.05) is 6.54 Å². The normalized spacial score (nSPS) is 26.5. The predicted molar refractivity (Wildman–Crippen MR) is 76.1 cm³/mol. The Labute approximate surface area is 108 Å². The molecule has 2 heteroatoms. The Morgan fingerprint density at radius 3 is 2.59 bits per heavy atom. The van der Waals surface area contributed by atoms with Crippen LogP contribution in [0.3, 0.4) is 0 Å². The topological polar surface area (TPSA) is 29.3 Å². The lowest BCUT2D eigenvalue weighted by Crippen LogP contribution is -2.40. The Kier molecular flexibility index (Phi) is 6.50. The van der Waals surface area contributed by atoms with Crippen LogP contribution in [0.25, 0.3) is 0 Å². The summed E-state index contributed by atoms with van der Waals surface area (Å²) in [6.07, 6.45) is 8.19. The van der Waals surface area contributed by atoms with Gasteiger partial charge in [0.2, 0.25) is 0 Å². The van der Waals surface area contributed by atoms with Gasteiger partial charge in [0.1, 0.15) is 0 Å². The highest BCUT2D eigenvalue weighted by Crippen LogP contribution is 2.26. The Balaban J connectivity index is 2.40. The van der Waals surface area contributed by atoms with E-state index >= 15 is 0 Å². The number of hydrogen-bond donors (Lipinski definition) is 1. The van der Waals surface area contributed by atoms with Gasteiger partial charge in [-0.1, -0.05) is 33.6 Å². The fourth-order valence-corrected chi connectivity index (χ4v) is 2.94. The molecule has 2 unspecified atom stereocenters. The van der Waals surface area contributed by atoms with Crippen molar-refractivity contribution in [2.45, 2.75) is 59.3 Å². The fraction of sp³-hybridized carbons (Fsp3) is 1.00. The van der Waals surface area contributed by atoms with Crippen LogP contribution in [-0.2, 0) is 0 Å². The molecule has 1 saturated heterocycles. The average molecular weight is 240 g/mol. The molecule has 1 aliphatic heterocycles. The molecule has 0 aliphatic carbocycles. The highest BCUT2D eigenvalue weighted by molar-refractivity contribution is 4.80. The molecule has 0 aromatic carbocycles. The predicted octanol–water partition coefficient (Wildman–Crippen LogP) is 3.26. The molecule has 2 N–H and O–H groups in total. The van der Waals surface area contributed by atoms with E-state index in [1.54, 1.807) is 0 Å². The average Bonchev–Trinajstić information content (AvgIpc) is 2.55. The Bertz CT molecular complexity index is 199. The van der Waals surface area contributed by atoms with E-state index in [0.29, 0.717) is 5.41 Å². The molecule has 0 amide bonds. The first-order valence-corrected chi connectivity index (χ1v) is 7.56. The van der Waals surface area contributed by atoms with Gasteiger partial charge in [-0.2, -0.15) is 0 Å². The zero-order chi connectivity index (χ0) is 12.7. The first kappa shape index (κ1) is 15.0. The largest absolute Gasteiger partial charge is 0.330 e. The van der Waals surface area contributed by atoms with Gasteiger partial charge < -0.3 is 10.6 Å². The van der Waals surface area contributed by atoms with Crippen molar-refractivity contribution in [1.29, 1.82) is 0 Å². The molecule has 0 bridgehead atoms. The number of hydrogen-bond acceptors (Lipinski definition) is 2. The van der Waals surface area contributed by atoms with Crippen molar-refractivity contribution in [3.63, 3.8) is 0 Å². The van der Waals surface area contributed by atoms with Gasteiger partial charge in [-0.25, -0.2) is 0 Å². The highest BCUT2D eigenvalue weighted by Gasteiger charge is 2.25. The van der Waals surface area contributed by atoms with Crippen molar-refractivity contribution in [3.8, 4) is 0 Å². The molecular formula is C15H32N2. The summed E-state index contributed by atoms with van der Waals surface area (Å²) in [7, 11) is 0. The lowest BCUT2D eigenvalue weighted by atomic mass is 9.87. The third-order valence-corrected chi connectivity index (χ3v) is 4.59. The molecular weight excluding hydrogens is 208 g/mol. The maximum atomic E-state index is 5.92. The van der Waals surface area contributed by atoms with Gasteiger partial charge in [0.25, 0.3) is 0 Å². The van der Waals surface area contributed by atoms with Crippen molar-refractivity contribution >= 4 is 0 Å². The standard InChI is InChI=1S/C15H32N2/c1-4-7-14-8-6-10-17(11-9-14)13-15(3,5-2)12-16/h14H,4-13,16H2,1-3H3. The minimum atomic E-state index is 0.324. The second-order valence-electron chi connectivity index (χ2n) is 6.23. The number of rotatable bonds is 6. The van der Waals surface area contributed by atoms with E-state index in [-0.39, 0.29) is 0 Å². The Hall–Kier alpha value is -0.0800. The van der Waals surface area contributed by atoms with Gasteiger partial charge in [0.05, 0.1) is 0 Å². The summed E-state index contributed by atoms with van der Waals surface area (Å²) in [5.74, 6) is 0.982. The van der Waals surface area contributed by atoms with Crippen molar-refractivity contribution in [2.24, 2.45) is 17.1 Å². The molecule has 2 atom stereocenters. The molecule has 0 spiro atoms. The number of nitrogens with two attached hydrogens (primary N) is 1. The molecule has 102 valence electrons. The minimum Gasteiger partial charge on any atom is -0.330 e.